The zero-order valence-electron chi connectivity index (χ0n) is 12.2. The fourth-order valence-electron chi connectivity index (χ4n) is 2.29. The van der Waals surface area contributed by atoms with Gasteiger partial charge in [-0.1, -0.05) is 11.6 Å². The van der Waals surface area contributed by atoms with Gasteiger partial charge in [-0.05, 0) is 43.7 Å². The van der Waals surface area contributed by atoms with Crippen LogP contribution >= 0.6 is 24.0 Å². The number of carbonyl (C=O) groups excluding carboxylic acids is 2. The normalized spacial score (nSPS) is 17.2. The Morgan fingerprint density at radius 1 is 1.18 bits per heavy atom. The summed E-state index contributed by atoms with van der Waals surface area (Å²) in [5, 5.41) is 9.42. The lowest BCUT2D eigenvalue weighted by Crippen LogP contribution is -2.42. The van der Waals surface area contributed by atoms with Gasteiger partial charge in [0.2, 0.25) is 5.91 Å². The summed E-state index contributed by atoms with van der Waals surface area (Å²) < 4.78 is 0. The summed E-state index contributed by atoms with van der Waals surface area (Å²) in [6.07, 6.45) is 1.96. The second-order valence-electron chi connectivity index (χ2n) is 5.10. The van der Waals surface area contributed by atoms with Crippen LogP contribution in [0.5, 0.6) is 0 Å². The molecule has 3 N–H and O–H groups in total. The van der Waals surface area contributed by atoms with Crippen molar-refractivity contribution in [2.45, 2.75) is 12.8 Å². The standard InChI is InChI=1S/C15H20ClN3O2.ClH/c16-13-5-3-11(4-6-13)14(20)18-8-9-19-15(21)12-2-1-7-17-10-12;/h3-6,12,17H,1-2,7-10H2,(H,18,20)(H,19,21);1H. The third-order valence-electron chi connectivity index (χ3n) is 3.48. The van der Waals surface area contributed by atoms with Crippen LogP contribution in [0.3, 0.4) is 0 Å². The highest BCUT2D eigenvalue weighted by atomic mass is 35.5. The molecule has 122 valence electrons. The molecule has 1 aromatic rings. The van der Waals surface area contributed by atoms with Crippen LogP contribution in [0.15, 0.2) is 24.3 Å². The van der Waals surface area contributed by atoms with Crippen LogP contribution in [-0.2, 0) is 4.79 Å². The molecular weight excluding hydrogens is 325 g/mol. The Balaban J connectivity index is 0.00000242. The molecule has 1 unspecified atom stereocenters. The van der Waals surface area contributed by atoms with Gasteiger partial charge in [-0.3, -0.25) is 9.59 Å². The van der Waals surface area contributed by atoms with E-state index in [1.807, 2.05) is 0 Å². The predicted octanol–water partition coefficient (Wildman–Crippen LogP) is 1.61. The third-order valence-corrected chi connectivity index (χ3v) is 3.74. The Morgan fingerprint density at radius 3 is 2.50 bits per heavy atom. The highest BCUT2D eigenvalue weighted by Gasteiger charge is 2.20. The largest absolute Gasteiger partial charge is 0.354 e. The van der Waals surface area contributed by atoms with Crippen molar-refractivity contribution in [3.05, 3.63) is 34.9 Å². The summed E-state index contributed by atoms with van der Waals surface area (Å²) >= 11 is 5.77. The van der Waals surface area contributed by atoms with Crippen LogP contribution in [0.25, 0.3) is 0 Å². The smallest absolute Gasteiger partial charge is 0.251 e. The van der Waals surface area contributed by atoms with Gasteiger partial charge in [0.25, 0.3) is 5.91 Å². The molecule has 1 heterocycles. The Morgan fingerprint density at radius 2 is 1.86 bits per heavy atom. The zero-order chi connectivity index (χ0) is 15.1. The number of rotatable bonds is 5. The zero-order valence-corrected chi connectivity index (χ0v) is 13.8. The van der Waals surface area contributed by atoms with Crippen molar-refractivity contribution < 1.29 is 9.59 Å². The summed E-state index contributed by atoms with van der Waals surface area (Å²) in [5.74, 6) is -0.0612. The van der Waals surface area contributed by atoms with Crippen molar-refractivity contribution in [2.24, 2.45) is 5.92 Å². The first-order chi connectivity index (χ1) is 10.2. The number of carbonyl (C=O) groups is 2. The molecule has 1 atom stereocenters. The molecule has 0 aromatic heterocycles. The van der Waals surface area contributed by atoms with E-state index in [1.165, 1.54) is 0 Å². The first-order valence-corrected chi connectivity index (χ1v) is 7.57. The van der Waals surface area contributed by atoms with Crippen LogP contribution in [0.1, 0.15) is 23.2 Å². The van der Waals surface area contributed by atoms with Gasteiger partial charge in [0, 0.05) is 30.2 Å². The molecule has 0 aliphatic carbocycles. The number of halogens is 2. The average molecular weight is 346 g/mol. The number of piperidine rings is 1. The van der Waals surface area contributed by atoms with Gasteiger partial charge in [-0.25, -0.2) is 0 Å². The van der Waals surface area contributed by atoms with Gasteiger partial charge in [-0.2, -0.15) is 0 Å². The maximum atomic E-state index is 11.9. The van der Waals surface area contributed by atoms with E-state index in [0.29, 0.717) is 23.7 Å². The topological polar surface area (TPSA) is 70.2 Å². The van der Waals surface area contributed by atoms with Gasteiger partial charge >= 0.3 is 0 Å². The van der Waals surface area contributed by atoms with Crippen molar-refractivity contribution in [1.82, 2.24) is 16.0 Å². The average Bonchev–Trinajstić information content (AvgIpc) is 2.52. The molecule has 2 amide bonds. The molecular formula is C15H21Cl2N3O2. The molecule has 2 rings (SSSR count). The lowest BCUT2D eigenvalue weighted by molar-refractivity contribution is -0.125. The second kappa shape index (κ2) is 9.66. The quantitative estimate of drug-likeness (QED) is 0.710. The first kappa shape index (κ1) is 18.7. The summed E-state index contributed by atoms with van der Waals surface area (Å²) in [7, 11) is 0. The minimum absolute atomic E-state index is 0. The van der Waals surface area contributed by atoms with E-state index in [2.05, 4.69) is 16.0 Å². The van der Waals surface area contributed by atoms with Crippen LogP contribution in [-0.4, -0.2) is 38.0 Å². The molecule has 22 heavy (non-hydrogen) atoms. The minimum Gasteiger partial charge on any atom is -0.354 e. The molecule has 0 saturated carbocycles. The molecule has 1 aliphatic heterocycles. The maximum absolute atomic E-state index is 11.9. The van der Waals surface area contributed by atoms with Gasteiger partial charge in [-0.15, -0.1) is 12.4 Å². The monoisotopic (exact) mass is 345 g/mol. The van der Waals surface area contributed by atoms with Crippen LogP contribution in [0.4, 0.5) is 0 Å². The van der Waals surface area contributed by atoms with Crippen molar-refractivity contribution in [3.8, 4) is 0 Å². The molecule has 7 heteroatoms. The molecule has 1 fully saturated rings. The second-order valence-corrected chi connectivity index (χ2v) is 5.53. The van der Waals surface area contributed by atoms with Crippen molar-refractivity contribution in [3.63, 3.8) is 0 Å². The third kappa shape index (κ3) is 5.83. The summed E-state index contributed by atoms with van der Waals surface area (Å²) in [5.41, 5.74) is 0.558. The summed E-state index contributed by atoms with van der Waals surface area (Å²) in [6, 6.07) is 6.69. The van der Waals surface area contributed by atoms with E-state index in [1.54, 1.807) is 24.3 Å². The van der Waals surface area contributed by atoms with Crippen molar-refractivity contribution in [2.75, 3.05) is 26.2 Å². The van der Waals surface area contributed by atoms with E-state index >= 15 is 0 Å². The van der Waals surface area contributed by atoms with Gasteiger partial charge in [0.1, 0.15) is 0 Å². The molecule has 0 radical (unpaired) electrons. The number of benzene rings is 1. The first-order valence-electron chi connectivity index (χ1n) is 7.19. The summed E-state index contributed by atoms with van der Waals surface area (Å²) in [6.45, 7) is 2.58. The Bertz CT molecular complexity index is 488. The number of hydrogen-bond donors (Lipinski definition) is 3. The van der Waals surface area contributed by atoms with Gasteiger partial charge in [0.15, 0.2) is 0 Å². The number of hydrogen-bond acceptors (Lipinski definition) is 3. The van der Waals surface area contributed by atoms with Crippen LogP contribution < -0.4 is 16.0 Å². The fraction of sp³-hybridized carbons (Fsp3) is 0.467. The van der Waals surface area contributed by atoms with Crippen molar-refractivity contribution >= 4 is 35.8 Å². The lowest BCUT2D eigenvalue weighted by atomic mass is 9.99. The lowest BCUT2D eigenvalue weighted by Gasteiger charge is -2.21. The number of amides is 2. The Kier molecular flexibility index (Phi) is 8.24. The predicted molar refractivity (Wildman–Crippen MR) is 89.6 cm³/mol. The highest BCUT2D eigenvalue weighted by molar-refractivity contribution is 6.30. The Hall–Kier alpha value is -1.30. The van der Waals surface area contributed by atoms with Crippen LogP contribution in [0.2, 0.25) is 5.02 Å². The molecule has 0 bridgehead atoms. The maximum Gasteiger partial charge on any atom is 0.251 e. The van der Waals surface area contributed by atoms with Crippen LogP contribution in [0, 0.1) is 5.92 Å². The summed E-state index contributed by atoms with van der Waals surface area (Å²) in [4.78, 5) is 23.7. The fourth-order valence-corrected chi connectivity index (χ4v) is 2.41. The minimum atomic E-state index is -0.166. The SMILES string of the molecule is Cl.O=C(NCCNC(=O)C1CCCNC1)c1ccc(Cl)cc1. The van der Waals surface area contributed by atoms with E-state index in [0.717, 1.165) is 25.9 Å². The highest BCUT2D eigenvalue weighted by Crippen LogP contribution is 2.10. The van der Waals surface area contributed by atoms with E-state index in [-0.39, 0.29) is 30.1 Å². The van der Waals surface area contributed by atoms with Crippen molar-refractivity contribution in [1.29, 1.82) is 0 Å². The number of nitrogens with one attached hydrogen (secondary N) is 3. The molecule has 5 nitrogen and oxygen atoms in total. The van der Waals surface area contributed by atoms with Gasteiger partial charge < -0.3 is 16.0 Å². The van der Waals surface area contributed by atoms with Gasteiger partial charge in [0.05, 0.1) is 5.92 Å². The molecule has 0 spiro atoms. The molecule has 1 aliphatic rings. The molecule has 1 aromatic carbocycles. The molecule has 1 saturated heterocycles. The van der Waals surface area contributed by atoms with E-state index in [4.69, 9.17) is 11.6 Å². The van der Waals surface area contributed by atoms with E-state index in [9.17, 15) is 9.59 Å². The van der Waals surface area contributed by atoms with E-state index < -0.39 is 0 Å². The Labute approximate surface area is 141 Å².